The van der Waals surface area contributed by atoms with Gasteiger partial charge in [-0.15, -0.1) is 10.2 Å². The Morgan fingerprint density at radius 2 is 0.804 bits per heavy atom. The maximum Gasteiger partial charge on any atom is 0.350 e. The fourth-order valence-corrected chi connectivity index (χ4v) is 5.10. The first-order valence-electron chi connectivity index (χ1n) is 17.7. The van der Waals surface area contributed by atoms with Crippen LogP contribution in [0.15, 0.2) is 177 Å². The summed E-state index contributed by atoms with van der Waals surface area (Å²) in [6, 6.07) is 41.5. The Morgan fingerprint density at radius 1 is 0.429 bits per heavy atom. The molecule has 0 amide bonds. The predicted octanol–water partition coefficient (Wildman–Crippen LogP) is 3.89. The van der Waals surface area contributed by atoms with E-state index in [-0.39, 0.29) is 34.0 Å². The molecule has 0 spiro atoms. The molecule has 6 aromatic rings. The van der Waals surface area contributed by atoms with E-state index in [0.29, 0.717) is 5.82 Å². The number of rotatable bonds is 13. The molecule has 0 aliphatic rings. The summed E-state index contributed by atoms with van der Waals surface area (Å²) < 4.78 is 4.24. The number of hydrogen-bond acceptors (Lipinski definition) is 10. The van der Waals surface area contributed by atoms with E-state index in [1.54, 1.807) is 6.20 Å². The SMILES string of the molecule is CN(C)c1ccc(N=Nc2cccc[n+]2CCC[n+]2ccccc2N=Nc2ccc(N(C)C)cc2)cc1.CN(C)c1ccc(N=Nc2ccccn2)cc1.[Br-].[Br-]. The van der Waals surface area contributed by atoms with Gasteiger partial charge in [-0.05, 0) is 107 Å². The van der Waals surface area contributed by atoms with Gasteiger partial charge >= 0.3 is 11.6 Å². The van der Waals surface area contributed by atoms with Crippen molar-refractivity contribution in [1.82, 2.24) is 4.98 Å². The molecule has 6 rings (SSSR count). The number of azo groups is 3. The highest BCUT2D eigenvalue weighted by Crippen LogP contribution is 2.22. The van der Waals surface area contributed by atoms with Crippen LogP contribution in [0.4, 0.5) is 51.6 Å². The highest BCUT2D eigenvalue weighted by Gasteiger charge is 2.13. The van der Waals surface area contributed by atoms with Crippen LogP contribution in [0.5, 0.6) is 0 Å². The van der Waals surface area contributed by atoms with Gasteiger partial charge in [0.25, 0.3) is 0 Å². The number of halogens is 2. The Kier molecular flexibility index (Phi) is 18.5. The molecule has 0 aliphatic carbocycles. The lowest BCUT2D eigenvalue weighted by Gasteiger charge is -2.11. The van der Waals surface area contributed by atoms with Crippen molar-refractivity contribution in [2.45, 2.75) is 19.5 Å². The fourth-order valence-electron chi connectivity index (χ4n) is 5.10. The average molecular weight is 881 g/mol. The number of anilines is 3. The normalized spacial score (nSPS) is 10.8. The zero-order chi connectivity index (χ0) is 38.1. The van der Waals surface area contributed by atoms with E-state index in [2.05, 4.69) is 54.6 Å². The Bertz CT molecular complexity index is 2020. The van der Waals surface area contributed by atoms with E-state index in [1.807, 2.05) is 187 Å². The Balaban J connectivity index is 0.000000372. The number of pyridine rings is 3. The third-order valence-electron chi connectivity index (χ3n) is 8.18. The molecule has 3 aromatic heterocycles. The molecule has 0 saturated heterocycles. The maximum atomic E-state index is 4.51. The van der Waals surface area contributed by atoms with Crippen LogP contribution in [0, 0.1) is 0 Å². The lowest BCUT2D eigenvalue weighted by atomic mass is 10.3. The molecule has 0 saturated carbocycles. The van der Waals surface area contributed by atoms with Crippen LogP contribution in [0.2, 0.25) is 0 Å². The van der Waals surface area contributed by atoms with E-state index in [9.17, 15) is 0 Å². The predicted molar refractivity (Wildman–Crippen MR) is 217 cm³/mol. The molecule has 14 heteroatoms. The van der Waals surface area contributed by atoms with E-state index < -0.39 is 0 Å². The monoisotopic (exact) mass is 878 g/mol. The van der Waals surface area contributed by atoms with Crippen molar-refractivity contribution in [2.75, 3.05) is 57.0 Å². The van der Waals surface area contributed by atoms with Crippen LogP contribution in [-0.2, 0) is 13.1 Å². The second-order valence-electron chi connectivity index (χ2n) is 12.9. The molecule has 3 heterocycles. The zero-order valence-corrected chi connectivity index (χ0v) is 35.8. The smallest absolute Gasteiger partial charge is 0.350 e. The second-order valence-corrected chi connectivity index (χ2v) is 12.9. The Morgan fingerprint density at radius 3 is 1.16 bits per heavy atom. The van der Waals surface area contributed by atoms with Gasteiger partial charge in [-0.2, -0.15) is 0 Å². The van der Waals surface area contributed by atoms with Crippen molar-refractivity contribution in [2.24, 2.45) is 30.7 Å². The summed E-state index contributed by atoms with van der Waals surface area (Å²) in [5.74, 6) is 2.25. The van der Waals surface area contributed by atoms with Crippen LogP contribution >= 0.6 is 0 Å². The van der Waals surface area contributed by atoms with E-state index in [4.69, 9.17) is 0 Å². The summed E-state index contributed by atoms with van der Waals surface area (Å²) in [5.41, 5.74) is 5.88. The molecule has 3 aromatic carbocycles. The number of nitrogens with zero attached hydrogens (tertiary/aromatic N) is 12. The molecule has 0 atom stereocenters. The number of benzene rings is 3. The molecule has 0 unspecified atom stereocenters. The van der Waals surface area contributed by atoms with Crippen molar-refractivity contribution in [3.8, 4) is 0 Å². The average Bonchev–Trinajstić information content (AvgIpc) is 3.20. The second kappa shape index (κ2) is 23.2. The largest absolute Gasteiger partial charge is 1.00 e. The van der Waals surface area contributed by atoms with E-state index >= 15 is 0 Å². The minimum atomic E-state index is 0. The molecular formula is C42H48Br2N12. The molecular weight excluding hydrogens is 832 g/mol. The quantitative estimate of drug-likeness (QED) is 0.130. The van der Waals surface area contributed by atoms with Crippen LogP contribution < -0.4 is 57.8 Å². The van der Waals surface area contributed by atoms with Gasteiger partial charge in [0.1, 0.15) is 11.4 Å². The third-order valence-corrected chi connectivity index (χ3v) is 8.18. The van der Waals surface area contributed by atoms with Gasteiger partial charge in [-0.25, -0.2) is 14.1 Å². The summed E-state index contributed by atoms with van der Waals surface area (Å²) in [4.78, 5) is 10.2. The minimum absolute atomic E-state index is 0. The van der Waals surface area contributed by atoms with Gasteiger partial charge in [0.05, 0.1) is 41.4 Å². The summed E-state index contributed by atoms with van der Waals surface area (Å²) in [6.07, 6.45) is 6.68. The van der Waals surface area contributed by atoms with Crippen molar-refractivity contribution >= 4 is 51.6 Å². The zero-order valence-electron chi connectivity index (χ0n) is 32.6. The summed E-state index contributed by atoms with van der Waals surface area (Å²) in [5, 5.41) is 26.1. The van der Waals surface area contributed by atoms with Gasteiger partial charge in [0, 0.05) is 84.1 Å². The third kappa shape index (κ3) is 14.2. The van der Waals surface area contributed by atoms with Crippen molar-refractivity contribution in [1.29, 1.82) is 0 Å². The molecule has 56 heavy (non-hydrogen) atoms. The Hall–Kier alpha value is -5.73. The van der Waals surface area contributed by atoms with E-state index in [0.717, 1.165) is 65.3 Å². The lowest BCUT2D eigenvalue weighted by Crippen LogP contribution is -3.00. The van der Waals surface area contributed by atoms with Crippen molar-refractivity contribution in [3.63, 3.8) is 0 Å². The van der Waals surface area contributed by atoms with Crippen LogP contribution in [0.25, 0.3) is 0 Å². The lowest BCUT2D eigenvalue weighted by molar-refractivity contribution is -0.714. The maximum absolute atomic E-state index is 4.51. The van der Waals surface area contributed by atoms with Gasteiger partial charge in [-0.1, -0.05) is 18.2 Å². The van der Waals surface area contributed by atoms with Crippen molar-refractivity contribution in [3.05, 3.63) is 146 Å². The first kappa shape index (κ1) is 44.7. The highest BCUT2D eigenvalue weighted by atomic mass is 79.9. The summed E-state index contributed by atoms with van der Waals surface area (Å²) in [6.45, 7) is 1.61. The molecule has 0 aliphatic heterocycles. The number of aromatic nitrogens is 3. The van der Waals surface area contributed by atoms with Gasteiger partial charge in [0.2, 0.25) is 0 Å². The van der Waals surface area contributed by atoms with E-state index in [1.165, 1.54) is 0 Å². The number of aryl methyl sites for hydroxylation is 2. The fraction of sp³-hybridized carbons (Fsp3) is 0.214. The molecule has 12 nitrogen and oxygen atoms in total. The van der Waals surface area contributed by atoms with Crippen LogP contribution in [-0.4, -0.2) is 47.3 Å². The van der Waals surface area contributed by atoms with Gasteiger partial charge in [0.15, 0.2) is 5.82 Å². The molecule has 0 fully saturated rings. The van der Waals surface area contributed by atoms with Crippen LogP contribution in [0.1, 0.15) is 6.42 Å². The van der Waals surface area contributed by atoms with Gasteiger partial charge in [-0.3, -0.25) is 0 Å². The topological polar surface area (TPSA) is 105 Å². The molecule has 0 bridgehead atoms. The number of hydrogen-bond donors (Lipinski definition) is 0. The first-order chi connectivity index (χ1) is 26.2. The summed E-state index contributed by atoms with van der Waals surface area (Å²) in [7, 11) is 12.1. The summed E-state index contributed by atoms with van der Waals surface area (Å²) >= 11 is 0. The standard InChI is InChI=1S/C29H34N8.C13H14N4.2BrH/c1-34(2)26-16-12-24(13-17-26)30-32-28-10-5-7-20-36(28)22-9-23-37-21-8-6-11-29(37)33-31-25-14-18-27(19-15-25)35(3)4;1-17(2)12-8-6-11(7-9-12)15-16-13-5-3-4-10-14-13;;/h5-8,10-21H,9,22-23H2,1-4H3;3-10H,1-2H3;2*1H/q+2;;;/p-2. The molecule has 0 radical (unpaired) electrons. The minimum Gasteiger partial charge on any atom is -1.00 e. The molecule has 0 N–H and O–H groups in total. The first-order valence-corrected chi connectivity index (χ1v) is 17.7. The molecule has 290 valence electrons. The van der Waals surface area contributed by atoms with Crippen molar-refractivity contribution < 1.29 is 43.1 Å². The van der Waals surface area contributed by atoms with Gasteiger partial charge < -0.3 is 48.7 Å². The highest BCUT2D eigenvalue weighted by molar-refractivity contribution is 5.53. The van der Waals surface area contributed by atoms with Crippen LogP contribution in [0.3, 0.4) is 0 Å². The Labute approximate surface area is 351 Å².